The van der Waals surface area contributed by atoms with Crippen LogP contribution in [0.4, 0.5) is 0 Å². The van der Waals surface area contributed by atoms with Gasteiger partial charge in [-0.3, -0.25) is 0 Å². The predicted molar refractivity (Wildman–Crippen MR) is 92.6 cm³/mol. The lowest BCUT2D eigenvalue weighted by atomic mass is 9.46. The van der Waals surface area contributed by atoms with Crippen LogP contribution in [0, 0.1) is 23.2 Å². The molecule has 4 bridgehead atoms. The summed E-state index contributed by atoms with van der Waals surface area (Å²) in [5.74, 6) is 2.95. The van der Waals surface area contributed by atoms with Crippen LogP contribution in [0.3, 0.4) is 0 Å². The molecule has 0 unspecified atom stereocenters. The third-order valence-electron chi connectivity index (χ3n) is 6.58. The number of sulfonamides is 1. The Balaban J connectivity index is 1.67. The average molecular weight is 333 g/mol. The predicted octanol–water partition coefficient (Wildman–Crippen LogP) is 3.54. The fraction of sp³-hybridized carbons (Fsp3) is 0.684. The van der Waals surface area contributed by atoms with Crippen molar-refractivity contribution in [3.63, 3.8) is 0 Å². The molecule has 4 fully saturated rings. The lowest BCUT2D eigenvalue weighted by Gasteiger charge is -2.59. The minimum absolute atomic E-state index is 0.312. The molecule has 1 atom stereocenters. The number of rotatable bonds is 5. The van der Waals surface area contributed by atoms with Crippen LogP contribution in [0.15, 0.2) is 30.3 Å². The molecule has 3 nitrogen and oxygen atoms in total. The Kier molecular flexibility index (Phi) is 3.80. The van der Waals surface area contributed by atoms with Crippen LogP contribution in [0.5, 0.6) is 0 Å². The van der Waals surface area contributed by atoms with Crippen LogP contribution in [0.25, 0.3) is 0 Å². The Morgan fingerprint density at radius 3 is 2.04 bits per heavy atom. The van der Waals surface area contributed by atoms with Gasteiger partial charge in [0.15, 0.2) is 0 Å². The molecule has 0 aromatic heterocycles. The Bertz CT molecular complexity index is 633. The van der Waals surface area contributed by atoms with Gasteiger partial charge in [-0.2, -0.15) is 0 Å². The molecule has 0 aliphatic heterocycles. The van der Waals surface area contributed by atoms with Crippen molar-refractivity contribution in [1.82, 2.24) is 4.72 Å². The van der Waals surface area contributed by atoms with Crippen molar-refractivity contribution < 1.29 is 8.42 Å². The number of hydrogen-bond donors (Lipinski definition) is 1. The number of hydrogen-bond acceptors (Lipinski definition) is 2. The van der Waals surface area contributed by atoms with E-state index in [4.69, 9.17) is 0 Å². The van der Waals surface area contributed by atoms with Crippen molar-refractivity contribution in [2.75, 3.05) is 12.8 Å². The quantitative estimate of drug-likeness (QED) is 0.896. The van der Waals surface area contributed by atoms with Gasteiger partial charge >= 0.3 is 0 Å². The fourth-order valence-corrected chi connectivity index (χ4v) is 6.68. The minimum atomic E-state index is -3.15. The molecule has 1 aromatic rings. The largest absolute Gasteiger partial charge is 0.215 e. The Labute approximate surface area is 139 Å². The van der Waals surface area contributed by atoms with Gasteiger partial charge < -0.3 is 0 Å². The first kappa shape index (κ1) is 15.6. The molecule has 0 saturated heterocycles. The van der Waals surface area contributed by atoms with Crippen LogP contribution < -0.4 is 4.72 Å². The molecule has 1 N–H and O–H groups in total. The summed E-state index contributed by atoms with van der Waals surface area (Å²) in [5, 5.41) is 0. The molecule has 0 heterocycles. The second kappa shape index (κ2) is 5.59. The molecule has 4 aliphatic rings. The highest BCUT2D eigenvalue weighted by molar-refractivity contribution is 7.88. The molecular formula is C19H27NO2S. The number of nitrogens with one attached hydrogen (secondary N) is 1. The van der Waals surface area contributed by atoms with Gasteiger partial charge in [0.1, 0.15) is 0 Å². The van der Waals surface area contributed by atoms with Crippen molar-refractivity contribution in [1.29, 1.82) is 0 Å². The molecule has 5 rings (SSSR count). The zero-order valence-corrected chi connectivity index (χ0v) is 14.7. The van der Waals surface area contributed by atoms with E-state index in [0.29, 0.717) is 17.9 Å². The van der Waals surface area contributed by atoms with Gasteiger partial charge in [0, 0.05) is 12.5 Å². The zero-order valence-electron chi connectivity index (χ0n) is 13.9. The van der Waals surface area contributed by atoms with E-state index >= 15 is 0 Å². The summed E-state index contributed by atoms with van der Waals surface area (Å²) in [6.45, 7) is 0.551. The lowest BCUT2D eigenvalue weighted by molar-refractivity contribution is -0.0676. The van der Waals surface area contributed by atoms with Gasteiger partial charge in [0.05, 0.1) is 6.26 Å². The molecule has 0 amide bonds. The zero-order chi connectivity index (χ0) is 16.1. The van der Waals surface area contributed by atoms with E-state index in [9.17, 15) is 8.42 Å². The first-order valence-electron chi connectivity index (χ1n) is 8.93. The third-order valence-corrected chi connectivity index (χ3v) is 7.27. The van der Waals surface area contributed by atoms with Gasteiger partial charge in [-0.05, 0) is 67.3 Å². The molecule has 126 valence electrons. The van der Waals surface area contributed by atoms with E-state index in [2.05, 4.69) is 29.0 Å². The minimum Gasteiger partial charge on any atom is -0.215 e. The highest BCUT2D eigenvalue weighted by Crippen LogP contribution is 2.64. The number of benzene rings is 1. The second-order valence-electron chi connectivity index (χ2n) is 8.36. The highest BCUT2D eigenvalue weighted by Gasteiger charge is 2.54. The maximum absolute atomic E-state index is 11.7. The van der Waals surface area contributed by atoms with Crippen LogP contribution in [0.1, 0.15) is 50.0 Å². The van der Waals surface area contributed by atoms with E-state index in [1.165, 1.54) is 50.3 Å². The van der Waals surface area contributed by atoms with Gasteiger partial charge in [-0.1, -0.05) is 30.3 Å². The molecule has 23 heavy (non-hydrogen) atoms. The molecule has 0 spiro atoms. The van der Waals surface area contributed by atoms with E-state index < -0.39 is 10.0 Å². The monoisotopic (exact) mass is 333 g/mol. The summed E-state index contributed by atoms with van der Waals surface area (Å²) in [4.78, 5) is 0. The van der Waals surface area contributed by atoms with Gasteiger partial charge in [-0.15, -0.1) is 0 Å². The Morgan fingerprint density at radius 2 is 1.57 bits per heavy atom. The van der Waals surface area contributed by atoms with Crippen LogP contribution in [0.2, 0.25) is 0 Å². The van der Waals surface area contributed by atoms with E-state index in [1.807, 2.05) is 6.07 Å². The van der Waals surface area contributed by atoms with Crippen molar-refractivity contribution >= 4 is 10.0 Å². The SMILES string of the molecule is CS(=O)(=O)NC[C@H](c1ccccc1)C12CC3CC(CC(C3)C1)C2. The summed E-state index contributed by atoms with van der Waals surface area (Å²) in [5.41, 5.74) is 1.62. The fourth-order valence-electron chi connectivity index (χ4n) is 6.21. The topological polar surface area (TPSA) is 46.2 Å². The molecule has 4 heteroatoms. The standard InChI is InChI=1S/C19H27NO2S/c1-23(21,22)20-13-18(17-5-3-2-4-6-17)19-10-14-7-15(11-19)9-16(8-14)12-19/h2-6,14-16,18,20H,7-13H2,1H3/t14?,15?,16?,18-,19?/m1/s1. The van der Waals surface area contributed by atoms with Crippen LogP contribution >= 0.6 is 0 Å². The molecular weight excluding hydrogens is 306 g/mol. The van der Waals surface area contributed by atoms with Crippen molar-refractivity contribution in [2.45, 2.75) is 44.4 Å². The van der Waals surface area contributed by atoms with Crippen LogP contribution in [-0.4, -0.2) is 21.2 Å². The van der Waals surface area contributed by atoms with Crippen molar-refractivity contribution in [3.05, 3.63) is 35.9 Å². The van der Waals surface area contributed by atoms with E-state index in [-0.39, 0.29) is 0 Å². The summed E-state index contributed by atoms with van der Waals surface area (Å²) >= 11 is 0. The van der Waals surface area contributed by atoms with E-state index in [1.54, 1.807) is 0 Å². The smallest absolute Gasteiger partial charge is 0.208 e. The normalized spacial score (nSPS) is 37.0. The lowest BCUT2D eigenvalue weighted by Crippen LogP contribution is -2.50. The summed E-state index contributed by atoms with van der Waals surface area (Å²) in [6.07, 6.45) is 9.41. The Morgan fingerprint density at radius 1 is 1.04 bits per heavy atom. The molecule has 4 saturated carbocycles. The second-order valence-corrected chi connectivity index (χ2v) is 10.2. The average Bonchev–Trinajstić information content (AvgIpc) is 2.45. The van der Waals surface area contributed by atoms with Crippen molar-refractivity contribution in [2.24, 2.45) is 23.2 Å². The van der Waals surface area contributed by atoms with Gasteiger partial charge in [0.25, 0.3) is 0 Å². The first-order valence-corrected chi connectivity index (χ1v) is 10.8. The van der Waals surface area contributed by atoms with E-state index in [0.717, 1.165) is 17.8 Å². The summed E-state index contributed by atoms with van der Waals surface area (Å²) in [6, 6.07) is 10.6. The maximum Gasteiger partial charge on any atom is 0.208 e. The van der Waals surface area contributed by atoms with Gasteiger partial charge in [-0.25, -0.2) is 13.1 Å². The Hall–Kier alpha value is -0.870. The van der Waals surface area contributed by atoms with Crippen molar-refractivity contribution in [3.8, 4) is 0 Å². The maximum atomic E-state index is 11.7. The molecule has 0 radical (unpaired) electrons. The molecule has 4 aliphatic carbocycles. The van der Waals surface area contributed by atoms with Gasteiger partial charge in [0.2, 0.25) is 10.0 Å². The highest BCUT2D eigenvalue weighted by atomic mass is 32.2. The van der Waals surface area contributed by atoms with Crippen LogP contribution in [-0.2, 0) is 10.0 Å². The molecule has 1 aromatic carbocycles. The summed E-state index contributed by atoms with van der Waals surface area (Å²) in [7, 11) is -3.15. The summed E-state index contributed by atoms with van der Waals surface area (Å²) < 4.78 is 26.2. The third kappa shape index (κ3) is 3.08. The first-order chi connectivity index (χ1) is 10.9.